The number of benzene rings is 1. The minimum atomic E-state index is -0.0860. The van der Waals surface area contributed by atoms with Crippen LogP contribution in [0.2, 0.25) is 5.02 Å². The summed E-state index contributed by atoms with van der Waals surface area (Å²) in [7, 11) is 0. The number of hydrogen-bond donors (Lipinski definition) is 2. The second-order valence-corrected chi connectivity index (χ2v) is 4.98. The molecule has 1 rings (SSSR count). The molecular weight excluding hydrogens is 266 g/mol. The molecule has 1 amide bonds. The van der Waals surface area contributed by atoms with Crippen LogP contribution in [0.25, 0.3) is 0 Å². The number of aromatic hydroxyl groups is 1. The molecule has 0 radical (unpaired) electrons. The van der Waals surface area contributed by atoms with Crippen LogP contribution in [0.4, 0.5) is 0 Å². The standard InChI is InChI=1S/C14H20ClNO3/c1-10(2)19-7-3-6-16-14(18)8-11-4-5-12(17)9-13(11)15/h4-5,9-10,17H,3,6-8H2,1-2H3,(H,16,18). The van der Waals surface area contributed by atoms with Crippen molar-refractivity contribution in [1.82, 2.24) is 5.32 Å². The molecule has 4 nitrogen and oxygen atoms in total. The second kappa shape index (κ2) is 8.02. The molecule has 0 aliphatic rings. The van der Waals surface area contributed by atoms with E-state index in [4.69, 9.17) is 16.3 Å². The molecule has 0 saturated carbocycles. The van der Waals surface area contributed by atoms with Gasteiger partial charge in [0.05, 0.1) is 12.5 Å². The van der Waals surface area contributed by atoms with E-state index in [1.165, 1.54) is 12.1 Å². The Bertz CT molecular complexity index is 421. The largest absolute Gasteiger partial charge is 0.508 e. The average Bonchev–Trinajstić information content (AvgIpc) is 2.32. The molecule has 0 spiro atoms. The lowest BCUT2D eigenvalue weighted by atomic mass is 10.1. The molecule has 0 bridgehead atoms. The van der Waals surface area contributed by atoms with Crippen LogP contribution in [0.1, 0.15) is 25.8 Å². The highest BCUT2D eigenvalue weighted by molar-refractivity contribution is 6.31. The van der Waals surface area contributed by atoms with Gasteiger partial charge in [-0.25, -0.2) is 0 Å². The van der Waals surface area contributed by atoms with E-state index in [9.17, 15) is 9.90 Å². The third-order valence-electron chi connectivity index (χ3n) is 2.48. The molecule has 2 N–H and O–H groups in total. The van der Waals surface area contributed by atoms with Crippen molar-refractivity contribution in [3.05, 3.63) is 28.8 Å². The highest BCUT2D eigenvalue weighted by atomic mass is 35.5. The molecule has 1 aromatic carbocycles. The Hall–Kier alpha value is -1.26. The Morgan fingerprint density at radius 3 is 2.84 bits per heavy atom. The third kappa shape index (κ3) is 6.45. The highest BCUT2D eigenvalue weighted by Crippen LogP contribution is 2.21. The molecule has 0 aliphatic heterocycles. The van der Waals surface area contributed by atoms with Gasteiger partial charge in [0, 0.05) is 18.2 Å². The summed E-state index contributed by atoms with van der Waals surface area (Å²) in [6, 6.07) is 4.60. The maximum Gasteiger partial charge on any atom is 0.224 e. The molecule has 0 saturated heterocycles. The van der Waals surface area contributed by atoms with Crippen molar-refractivity contribution < 1.29 is 14.6 Å². The molecule has 0 unspecified atom stereocenters. The zero-order valence-corrected chi connectivity index (χ0v) is 12.0. The smallest absolute Gasteiger partial charge is 0.224 e. The molecular formula is C14H20ClNO3. The number of hydrogen-bond acceptors (Lipinski definition) is 3. The fourth-order valence-electron chi connectivity index (χ4n) is 1.53. The maximum atomic E-state index is 11.7. The quantitative estimate of drug-likeness (QED) is 0.757. The highest BCUT2D eigenvalue weighted by Gasteiger charge is 2.07. The van der Waals surface area contributed by atoms with Crippen LogP contribution in [0.5, 0.6) is 5.75 Å². The summed E-state index contributed by atoms with van der Waals surface area (Å²) in [5.74, 6) is 0.0112. The van der Waals surface area contributed by atoms with Crippen LogP contribution in [-0.2, 0) is 16.0 Å². The van der Waals surface area contributed by atoms with Crippen LogP contribution >= 0.6 is 11.6 Å². The zero-order valence-electron chi connectivity index (χ0n) is 11.3. The number of rotatable bonds is 7. The summed E-state index contributed by atoms with van der Waals surface area (Å²) in [4.78, 5) is 11.7. The molecule has 1 aromatic rings. The van der Waals surface area contributed by atoms with Crippen LogP contribution in [-0.4, -0.2) is 30.3 Å². The Balaban J connectivity index is 2.27. The van der Waals surface area contributed by atoms with Gasteiger partial charge in [-0.05, 0) is 38.0 Å². The molecule has 106 valence electrons. The van der Waals surface area contributed by atoms with Crippen LogP contribution in [0.3, 0.4) is 0 Å². The van der Waals surface area contributed by atoms with Gasteiger partial charge in [0.25, 0.3) is 0 Å². The zero-order chi connectivity index (χ0) is 14.3. The van der Waals surface area contributed by atoms with Gasteiger partial charge in [0.1, 0.15) is 5.75 Å². The average molecular weight is 286 g/mol. The number of carbonyl (C=O) groups excluding carboxylic acids is 1. The van der Waals surface area contributed by atoms with Crippen molar-refractivity contribution in [2.45, 2.75) is 32.8 Å². The predicted molar refractivity (Wildman–Crippen MR) is 75.5 cm³/mol. The van der Waals surface area contributed by atoms with Gasteiger partial charge >= 0.3 is 0 Å². The number of amides is 1. The normalized spacial score (nSPS) is 10.7. The Kier molecular flexibility index (Phi) is 6.67. The summed E-state index contributed by atoms with van der Waals surface area (Å²) in [5.41, 5.74) is 0.704. The monoisotopic (exact) mass is 285 g/mol. The SMILES string of the molecule is CC(C)OCCCNC(=O)Cc1ccc(O)cc1Cl. The van der Waals surface area contributed by atoms with E-state index in [2.05, 4.69) is 5.32 Å². The van der Waals surface area contributed by atoms with Crippen molar-refractivity contribution >= 4 is 17.5 Å². The van der Waals surface area contributed by atoms with Gasteiger partial charge < -0.3 is 15.2 Å². The van der Waals surface area contributed by atoms with E-state index in [1.807, 2.05) is 13.8 Å². The van der Waals surface area contributed by atoms with E-state index in [0.717, 1.165) is 6.42 Å². The van der Waals surface area contributed by atoms with E-state index >= 15 is 0 Å². The van der Waals surface area contributed by atoms with E-state index < -0.39 is 0 Å². The van der Waals surface area contributed by atoms with Crippen molar-refractivity contribution in [3.63, 3.8) is 0 Å². The molecule has 0 aliphatic carbocycles. The van der Waals surface area contributed by atoms with Gasteiger partial charge in [-0.3, -0.25) is 4.79 Å². The molecule has 0 atom stereocenters. The van der Waals surface area contributed by atoms with Crippen LogP contribution in [0.15, 0.2) is 18.2 Å². The van der Waals surface area contributed by atoms with Crippen molar-refractivity contribution in [2.75, 3.05) is 13.2 Å². The van der Waals surface area contributed by atoms with E-state index in [1.54, 1.807) is 6.07 Å². The second-order valence-electron chi connectivity index (χ2n) is 4.58. The molecule has 0 heterocycles. The molecule has 19 heavy (non-hydrogen) atoms. The van der Waals surface area contributed by atoms with Crippen molar-refractivity contribution in [3.8, 4) is 5.75 Å². The first-order chi connectivity index (χ1) is 8.99. The molecule has 0 fully saturated rings. The fraction of sp³-hybridized carbons (Fsp3) is 0.500. The summed E-state index contributed by atoms with van der Waals surface area (Å²) in [5, 5.41) is 12.4. The summed E-state index contributed by atoms with van der Waals surface area (Å²) >= 11 is 5.93. The van der Waals surface area contributed by atoms with Gasteiger partial charge in [0.2, 0.25) is 5.91 Å². The number of halogens is 1. The number of carbonyl (C=O) groups is 1. The number of ether oxygens (including phenoxy) is 1. The Labute approximate surface area is 118 Å². The number of nitrogens with one attached hydrogen (secondary N) is 1. The lowest BCUT2D eigenvalue weighted by Crippen LogP contribution is -2.27. The van der Waals surface area contributed by atoms with Crippen LogP contribution < -0.4 is 5.32 Å². The third-order valence-corrected chi connectivity index (χ3v) is 2.83. The lowest BCUT2D eigenvalue weighted by molar-refractivity contribution is -0.120. The van der Waals surface area contributed by atoms with E-state index in [-0.39, 0.29) is 24.2 Å². The van der Waals surface area contributed by atoms with Crippen molar-refractivity contribution in [1.29, 1.82) is 0 Å². The maximum absolute atomic E-state index is 11.7. The summed E-state index contributed by atoms with van der Waals surface area (Å²) < 4.78 is 5.37. The molecule has 5 heteroatoms. The van der Waals surface area contributed by atoms with Gasteiger partial charge in [-0.15, -0.1) is 0 Å². The first-order valence-electron chi connectivity index (χ1n) is 6.34. The van der Waals surface area contributed by atoms with Gasteiger partial charge in [-0.1, -0.05) is 17.7 Å². The Morgan fingerprint density at radius 2 is 2.21 bits per heavy atom. The topological polar surface area (TPSA) is 58.6 Å². The first-order valence-corrected chi connectivity index (χ1v) is 6.72. The predicted octanol–water partition coefficient (Wildman–Crippen LogP) is 2.52. The van der Waals surface area contributed by atoms with Crippen molar-refractivity contribution in [2.24, 2.45) is 0 Å². The van der Waals surface area contributed by atoms with Crippen LogP contribution in [0, 0.1) is 0 Å². The number of phenolic OH excluding ortho intramolecular Hbond substituents is 1. The van der Waals surface area contributed by atoms with Gasteiger partial charge in [-0.2, -0.15) is 0 Å². The minimum absolute atomic E-state index is 0.0860. The number of phenols is 1. The van der Waals surface area contributed by atoms with Gasteiger partial charge in [0.15, 0.2) is 0 Å². The lowest BCUT2D eigenvalue weighted by Gasteiger charge is -2.09. The fourth-order valence-corrected chi connectivity index (χ4v) is 1.78. The Morgan fingerprint density at radius 1 is 1.47 bits per heavy atom. The minimum Gasteiger partial charge on any atom is -0.508 e. The first kappa shape index (κ1) is 15.8. The summed E-state index contributed by atoms with van der Waals surface area (Å²) in [6.45, 7) is 5.18. The van der Waals surface area contributed by atoms with E-state index in [0.29, 0.717) is 23.7 Å². The molecule has 0 aromatic heterocycles. The summed E-state index contributed by atoms with van der Waals surface area (Å²) in [6.07, 6.45) is 1.21.